The molecule has 4 aromatic carbocycles. The van der Waals surface area contributed by atoms with Crippen LogP contribution in [0.3, 0.4) is 0 Å². The van der Waals surface area contributed by atoms with Gasteiger partial charge in [0.2, 0.25) is 0 Å². The number of amides is 2. The van der Waals surface area contributed by atoms with Gasteiger partial charge in [0.25, 0.3) is 11.8 Å². The second-order valence-corrected chi connectivity index (χ2v) is 17.7. The van der Waals surface area contributed by atoms with Crippen LogP contribution >= 0.6 is 15.9 Å². The molecule has 2 amide bonds. The minimum absolute atomic E-state index is 0.133. The van der Waals surface area contributed by atoms with Crippen LogP contribution in [0, 0.1) is 55.4 Å². The molecule has 1 fully saturated rings. The topological polar surface area (TPSA) is 59.1 Å². The van der Waals surface area contributed by atoms with E-state index < -0.39 is 0 Å². The van der Waals surface area contributed by atoms with Gasteiger partial charge in [-0.2, -0.15) is 0 Å². The lowest BCUT2D eigenvalue weighted by Gasteiger charge is -2.32. The molecule has 0 saturated carbocycles. The van der Waals surface area contributed by atoms with E-state index in [2.05, 4.69) is 148 Å². The fourth-order valence-electron chi connectivity index (χ4n) is 7.97. The van der Waals surface area contributed by atoms with Crippen molar-refractivity contribution in [2.24, 2.45) is 0 Å². The van der Waals surface area contributed by atoms with Crippen LogP contribution in [-0.2, 0) is 35.2 Å². The SMILES string of the molecule is Cc1cc(C)c(C)c(C(=O)N2CCc3ccc(B4OC(C)(C)C(C)(C)O4)cc3C2)c1C.Cc1cc(C)c(C)c(C(=O)N2CCc3ccc(Br)cc3C2)c1C. The van der Waals surface area contributed by atoms with Gasteiger partial charge < -0.3 is 19.1 Å². The van der Waals surface area contributed by atoms with Gasteiger partial charge in [0.15, 0.2) is 0 Å². The van der Waals surface area contributed by atoms with Crippen molar-refractivity contribution in [3.8, 4) is 0 Å². The van der Waals surface area contributed by atoms with Crippen molar-refractivity contribution in [3.05, 3.63) is 131 Å². The van der Waals surface area contributed by atoms with Gasteiger partial charge in [-0.1, -0.05) is 52.3 Å². The second kappa shape index (κ2) is 15.1. The lowest BCUT2D eigenvalue weighted by atomic mass is 9.77. The third-order valence-electron chi connectivity index (χ3n) is 12.7. The highest BCUT2D eigenvalue weighted by molar-refractivity contribution is 9.10. The maximum Gasteiger partial charge on any atom is 0.494 e. The van der Waals surface area contributed by atoms with Gasteiger partial charge in [0.05, 0.1) is 11.2 Å². The van der Waals surface area contributed by atoms with E-state index in [1.54, 1.807) is 0 Å². The zero-order chi connectivity index (χ0) is 39.4. The molecule has 284 valence electrons. The summed E-state index contributed by atoms with van der Waals surface area (Å²) in [5, 5.41) is 0. The number of carbonyl (C=O) groups is 2. The molecule has 0 unspecified atom stereocenters. The van der Waals surface area contributed by atoms with Gasteiger partial charge in [-0.3, -0.25) is 9.59 Å². The molecule has 54 heavy (non-hydrogen) atoms. The zero-order valence-electron chi connectivity index (χ0n) is 34.3. The van der Waals surface area contributed by atoms with E-state index in [0.29, 0.717) is 13.1 Å². The van der Waals surface area contributed by atoms with E-state index >= 15 is 0 Å². The summed E-state index contributed by atoms with van der Waals surface area (Å²) in [7, 11) is -0.384. The highest BCUT2D eigenvalue weighted by Crippen LogP contribution is 2.37. The summed E-state index contributed by atoms with van der Waals surface area (Å²) in [4.78, 5) is 30.7. The van der Waals surface area contributed by atoms with Crippen molar-refractivity contribution < 1.29 is 18.9 Å². The molecule has 0 aromatic heterocycles. The highest BCUT2D eigenvalue weighted by atomic mass is 79.9. The third kappa shape index (κ3) is 7.59. The van der Waals surface area contributed by atoms with Crippen LogP contribution in [0.25, 0.3) is 0 Å². The largest absolute Gasteiger partial charge is 0.494 e. The van der Waals surface area contributed by atoms with E-state index in [1.807, 2.05) is 9.80 Å². The number of hydrogen-bond acceptors (Lipinski definition) is 4. The normalized spacial score (nSPS) is 17.1. The predicted octanol–water partition coefficient (Wildman–Crippen LogP) is 9.30. The number of carbonyl (C=O) groups excluding carboxylic acids is 2. The quantitative estimate of drug-likeness (QED) is 0.194. The van der Waals surface area contributed by atoms with Crippen molar-refractivity contribution in [1.82, 2.24) is 9.80 Å². The lowest BCUT2D eigenvalue weighted by molar-refractivity contribution is 0.00578. The first-order chi connectivity index (χ1) is 25.3. The molecule has 3 heterocycles. The first kappa shape index (κ1) is 40.0. The van der Waals surface area contributed by atoms with Crippen molar-refractivity contribution in [2.45, 2.75) is 120 Å². The van der Waals surface area contributed by atoms with Gasteiger partial charge in [-0.25, -0.2) is 0 Å². The van der Waals surface area contributed by atoms with Crippen LogP contribution in [0.15, 0.2) is 53.0 Å². The molecule has 0 radical (unpaired) electrons. The molecule has 0 N–H and O–H groups in total. The number of fused-ring (bicyclic) bond motifs is 2. The Bertz CT molecular complexity index is 2090. The molecule has 4 aromatic rings. The van der Waals surface area contributed by atoms with E-state index in [4.69, 9.17) is 9.31 Å². The first-order valence-corrected chi connectivity index (χ1v) is 20.1. The summed E-state index contributed by atoms with van der Waals surface area (Å²) in [6.07, 6.45) is 1.80. The summed E-state index contributed by atoms with van der Waals surface area (Å²) in [5.41, 5.74) is 16.3. The van der Waals surface area contributed by atoms with Crippen LogP contribution < -0.4 is 5.46 Å². The van der Waals surface area contributed by atoms with Crippen LogP contribution in [-0.4, -0.2) is 53.0 Å². The van der Waals surface area contributed by atoms with Gasteiger partial charge in [0.1, 0.15) is 0 Å². The van der Waals surface area contributed by atoms with Gasteiger partial charge in [0, 0.05) is 41.8 Å². The minimum atomic E-state index is -0.384. The maximum absolute atomic E-state index is 13.5. The molecule has 3 aliphatic rings. The number of benzene rings is 4. The summed E-state index contributed by atoms with van der Waals surface area (Å²) < 4.78 is 13.6. The molecule has 0 atom stereocenters. The molecule has 6 nitrogen and oxygen atoms in total. The molecule has 1 saturated heterocycles. The minimum Gasteiger partial charge on any atom is -0.399 e. The molecule has 0 bridgehead atoms. The Hall–Kier alpha value is -3.72. The van der Waals surface area contributed by atoms with E-state index in [-0.39, 0.29) is 30.1 Å². The van der Waals surface area contributed by atoms with Gasteiger partial charge >= 0.3 is 7.12 Å². The third-order valence-corrected chi connectivity index (χ3v) is 13.2. The smallest absolute Gasteiger partial charge is 0.399 e. The molecular weight excluding hydrogens is 735 g/mol. The molecule has 7 rings (SSSR count). The number of hydrogen-bond donors (Lipinski definition) is 0. The van der Waals surface area contributed by atoms with E-state index in [9.17, 15) is 9.59 Å². The van der Waals surface area contributed by atoms with E-state index in [1.165, 1.54) is 44.5 Å². The number of aryl methyl sites for hydroxylation is 4. The summed E-state index contributed by atoms with van der Waals surface area (Å²) >= 11 is 3.53. The standard InChI is InChI=1S/C26H34BNO3.C20H22BrNO/c1-16-13-17(2)19(4)23(18(16)3)24(29)28-12-11-20-9-10-22(14-21(20)15-28)27-30-25(5,6)26(7,8)31-27;1-12-9-13(2)15(4)19(14(12)3)20(23)22-8-7-16-5-6-18(21)10-17(16)11-22/h9-10,13-14H,11-12,15H2,1-8H3;5-6,9-10H,7-8,11H2,1-4H3. The molecule has 0 aliphatic carbocycles. The predicted molar refractivity (Wildman–Crippen MR) is 224 cm³/mol. The number of halogens is 1. The first-order valence-electron chi connectivity index (χ1n) is 19.3. The molecule has 8 heteroatoms. The average Bonchev–Trinajstić information content (AvgIpc) is 3.35. The van der Waals surface area contributed by atoms with Crippen molar-refractivity contribution in [3.63, 3.8) is 0 Å². The summed E-state index contributed by atoms with van der Waals surface area (Å²) in [5.74, 6) is 0.297. The second-order valence-electron chi connectivity index (χ2n) is 16.8. The molecule has 0 spiro atoms. The Morgan fingerprint density at radius 1 is 0.574 bits per heavy atom. The van der Waals surface area contributed by atoms with Crippen molar-refractivity contribution in [1.29, 1.82) is 0 Å². The monoisotopic (exact) mass is 790 g/mol. The van der Waals surface area contributed by atoms with Crippen molar-refractivity contribution in [2.75, 3.05) is 13.1 Å². The van der Waals surface area contributed by atoms with Gasteiger partial charge in [-0.15, -0.1) is 0 Å². The summed E-state index contributed by atoms with van der Waals surface area (Å²) in [6.45, 7) is 27.7. The fraction of sp³-hybridized carbons (Fsp3) is 0.435. The molecule has 3 aliphatic heterocycles. The molecular formula is C46H56BBrN2O4. The Balaban J connectivity index is 0.000000193. The highest BCUT2D eigenvalue weighted by Gasteiger charge is 2.51. The Labute approximate surface area is 331 Å². The maximum atomic E-state index is 13.5. The van der Waals surface area contributed by atoms with E-state index in [0.717, 1.165) is 69.2 Å². The number of rotatable bonds is 3. The fourth-order valence-corrected chi connectivity index (χ4v) is 8.38. The van der Waals surface area contributed by atoms with Crippen LogP contribution in [0.2, 0.25) is 0 Å². The van der Waals surface area contributed by atoms with Crippen molar-refractivity contribution >= 4 is 40.3 Å². The van der Waals surface area contributed by atoms with Gasteiger partial charge in [-0.05, 0) is 180 Å². The average molecular weight is 792 g/mol. The van der Waals surface area contributed by atoms with Crippen LogP contribution in [0.1, 0.15) is 115 Å². The Morgan fingerprint density at radius 3 is 1.39 bits per heavy atom. The summed E-state index contributed by atoms with van der Waals surface area (Å²) in [6, 6.07) is 17.2. The van der Waals surface area contributed by atoms with Crippen LogP contribution in [0.5, 0.6) is 0 Å². The Kier molecular flexibility index (Phi) is 11.2. The zero-order valence-corrected chi connectivity index (χ0v) is 35.9. The number of nitrogens with zero attached hydrogens (tertiary/aromatic N) is 2. The Morgan fingerprint density at radius 2 is 0.963 bits per heavy atom. The lowest BCUT2D eigenvalue weighted by Crippen LogP contribution is -2.41. The van der Waals surface area contributed by atoms with Crippen LogP contribution in [0.4, 0.5) is 0 Å².